The van der Waals surface area contributed by atoms with Crippen molar-refractivity contribution in [3.8, 4) is 0 Å². The van der Waals surface area contributed by atoms with Crippen LogP contribution in [-0.2, 0) is 0 Å². The lowest BCUT2D eigenvalue weighted by atomic mass is 9.92. The van der Waals surface area contributed by atoms with Crippen molar-refractivity contribution in [1.82, 2.24) is 5.32 Å². The van der Waals surface area contributed by atoms with Gasteiger partial charge in [-0.2, -0.15) is 0 Å². The molecule has 108 valence electrons. The summed E-state index contributed by atoms with van der Waals surface area (Å²) in [6, 6.07) is 5.92. The molecule has 1 rings (SSSR count). The third-order valence-corrected chi connectivity index (χ3v) is 3.66. The highest BCUT2D eigenvalue weighted by molar-refractivity contribution is 5.25. The van der Waals surface area contributed by atoms with E-state index in [1.54, 1.807) is 6.07 Å². The molecule has 0 bridgehead atoms. The molecule has 0 aliphatic rings. The fourth-order valence-electron chi connectivity index (χ4n) is 2.49. The summed E-state index contributed by atoms with van der Waals surface area (Å²) in [7, 11) is 0. The van der Waals surface area contributed by atoms with Crippen molar-refractivity contribution in [2.24, 2.45) is 5.92 Å². The highest BCUT2D eigenvalue weighted by atomic mass is 19.1. The van der Waals surface area contributed by atoms with E-state index in [0.29, 0.717) is 5.92 Å². The van der Waals surface area contributed by atoms with E-state index in [1.807, 2.05) is 13.0 Å². The van der Waals surface area contributed by atoms with Gasteiger partial charge in [0.2, 0.25) is 0 Å². The lowest BCUT2D eigenvalue weighted by Crippen LogP contribution is -2.24. The Morgan fingerprint density at radius 2 is 1.95 bits per heavy atom. The predicted molar refractivity (Wildman–Crippen MR) is 80.9 cm³/mol. The van der Waals surface area contributed by atoms with Crippen LogP contribution in [0.15, 0.2) is 18.2 Å². The number of halogens is 1. The molecule has 0 heterocycles. The molecule has 1 aromatic carbocycles. The minimum atomic E-state index is -0.0936. The summed E-state index contributed by atoms with van der Waals surface area (Å²) >= 11 is 0. The molecule has 19 heavy (non-hydrogen) atoms. The predicted octanol–water partition coefficient (Wildman–Crippen LogP) is 5.00. The Morgan fingerprint density at radius 3 is 2.53 bits per heavy atom. The quantitative estimate of drug-likeness (QED) is 0.697. The molecule has 0 aliphatic heterocycles. The minimum Gasteiger partial charge on any atom is -0.310 e. The van der Waals surface area contributed by atoms with Crippen molar-refractivity contribution in [2.75, 3.05) is 6.54 Å². The summed E-state index contributed by atoms with van der Waals surface area (Å²) in [5, 5.41) is 3.56. The molecule has 0 aliphatic carbocycles. The van der Waals surface area contributed by atoms with Gasteiger partial charge in [-0.25, -0.2) is 4.39 Å². The first-order chi connectivity index (χ1) is 9.08. The molecule has 2 unspecified atom stereocenters. The molecule has 1 N–H and O–H groups in total. The SMILES string of the molecule is CCCNC(CC(C)CCC)c1ccc(C)c(F)c1. The van der Waals surface area contributed by atoms with Crippen LogP contribution in [0.1, 0.15) is 63.6 Å². The van der Waals surface area contributed by atoms with Crippen LogP contribution >= 0.6 is 0 Å². The van der Waals surface area contributed by atoms with Crippen molar-refractivity contribution in [2.45, 2.75) is 59.4 Å². The van der Waals surface area contributed by atoms with Crippen molar-refractivity contribution in [3.63, 3.8) is 0 Å². The monoisotopic (exact) mass is 265 g/mol. The van der Waals surface area contributed by atoms with Crippen LogP contribution < -0.4 is 5.32 Å². The smallest absolute Gasteiger partial charge is 0.126 e. The zero-order valence-corrected chi connectivity index (χ0v) is 12.8. The Kier molecular flexibility index (Phi) is 7.07. The summed E-state index contributed by atoms with van der Waals surface area (Å²) in [4.78, 5) is 0. The fraction of sp³-hybridized carbons (Fsp3) is 0.647. The number of aryl methyl sites for hydroxylation is 1. The van der Waals surface area contributed by atoms with Gasteiger partial charge in [0.15, 0.2) is 0 Å². The molecule has 0 fully saturated rings. The second-order valence-electron chi connectivity index (χ2n) is 5.64. The van der Waals surface area contributed by atoms with E-state index in [4.69, 9.17) is 0 Å². The van der Waals surface area contributed by atoms with Gasteiger partial charge < -0.3 is 5.32 Å². The molecular weight excluding hydrogens is 237 g/mol. The van der Waals surface area contributed by atoms with Crippen LogP contribution in [0, 0.1) is 18.7 Å². The number of hydrogen-bond acceptors (Lipinski definition) is 1. The molecule has 0 aromatic heterocycles. The largest absolute Gasteiger partial charge is 0.310 e. The molecule has 1 nitrogen and oxygen atoms in total. The molecule has 1 aromatic rings. The van der Waals surface area contributed by atoms with Crippen LogP contribution in [0.4, 0.5) is 4.39 Å². The Bertz CT molecular complexity index is 376. The van der Waals surface area contributed by atoms with E-state index < -0.39 is 0 Å². The van der Waals surface area contributed by atoms with Gasteiger partial charge in [0.05, 0.1) is 0 Å². The summed E-state index contributed by atoms with van der Waals surface area (Å²) in [6.07, 6.45) is 4.63. The first kappa shape index (κ1) is 16.2. The second kappa shape index (κ2) is 8.31. The van der Waals surface area contributed by atoms with Crippen LogP contribution in [-0.4, -0.2) is 6.54 Å². The molecule has 0 saturated heterocycles. The average molecular weight is 265 g/mol. The van der Waals surface area contributed by atoms with Gasteiger partial charge in [0.25, 0.3) is 0 Å². The van der Waals surface area contributed by atoms with Crippen LogP contribution in [0.25, 0.3) is 0 Å². The third kappa shape index (κ3) is 5.32. The Morgan fingerprint density at radius 1 is 1.21 bits per heavy atom. The van der Waals surface area contributed by atoms with E-state index in [2.05, 4.69) is 32.2 Å². The maximum Gasteiger partial charge on any atom is 0.126 e. The molecule has 2 atom stereocenters. The number of hydrogen-bond donors (Lipinski definition) is 1. The molecule has 2 heteroatoms. The average Bonchev–Trinajstić information content (AvgIpc) is 2.38. The molecule has 0 spiro atoms. The normalized spacial score (nSPS) is 14.4. The Balaban J connectivity index is 2.79. The maximum absolute atomic E-state index is 13.7. The molecular formula is C17H28FN. The first-order valence-corrected chi connectivity index (χ1v) is 7.57. The maximum atomic E-state index is 13.7. The molecule has 0 radical (unpaired) electrons. The van der Waals surface area contributed by atoms with Gasteiger partial charge in [-0.1, -0.05) is 45.7 Å². The van der Waals surface area contributed by atoms with Crippen molar-refractivity contribution >= 4 is 0 Å². The van der Waals surface area contributed by atoms with Gasteiger partial charge in [-0.3, -0.25) is 0 Å². The standard InChI is InChI=1S/C17H28FN/c1-5-7-13(3)11-17(19-10-6-2)15-9-8-14(4)16(18)12-15/h8-9,12-13,17,19H,5-7,10-11H2,1-4H3. The van der Waals surface area contributed by atoms with E-state index in [9.17, 15) is 4.39 Å². The van der Waals surface area contributed by atoms with Gasteiger partial charge in [-0.05, 0) is 49.4 Å². The van der Waals surface area contributed by atoms with E-state index >= 15 is 0 Å². The topological polar surface area (TPSA) is 12.0 Å². The van der Waals surface area contributed by atoms with Crippen LogP contribution in [0.2, 0.25) is 0 Å². The van der Waals surface area contributed by atoms with Crippen molar-refractivity contribution < 1.29 is 4.39 Å². The second-order valence-corrected chi connectivity index (χ2v) is 5.64. The third-order valence-electron chi connectivity index (χ3n) is 3.66. The number of benzene rings is 1. The summed E-state index contributed by atoms with van der Waals surface area (Å²) in [6.45, 7) is 9.47. The van der Waals surface area contributed by atoms with Crippen molar-refractivity contribution in [1.29, 1.82) is 0 Å². The van der Waals surface area contributed by atoms with E-state index in [-0.39, 0.29) is 11.9 Å². The summed E-state index contributed by atoms with van der Waals surface area (Å²) < 4.78 is 13.7. The van der Waals surface area contributed by atoms with Gasteiger partial charge in [0.1, 0.15) is 5.82 Å². The van der Waals surface area contributed by atoms with Gasteiger partial charge >= 0.3 is 0 Å². The highest BCUT2D eigenvalue weighted by Gasteiger charge is 2.15. The van der Waals surface area contributed by atoms with E-state index in [1.165, 1.54) is 12.8 Å². The molecule has 0 saturated carbocycles. The van der Waals surface area contributed by atoms with Crippen molar-refractivity contribution in [3.05, 3.63) is 35.1 Å². The first-order valence-electron chi connectivity index (χ1n) is 7.57. The van der Waals surface area contributed by atoms with E-state index in [0.717, 1.165) is 30.5 Å². The lowest BCUT2D eigenvalue weighted by Gasteiger charge is -2.23. The lowest BCUT2D eigenvalue weighted by molar-refractivity contribution is 0.389. The number of nitrogens with one attached hydrogen (secondary N) is 1. The Hall–Kier alpha value is -0.890. The highest BCUT2D eigenvalue weighted by Crippen LogP contribution is 2.25. The summed E-state index contributed by atoms with van der Waals surface area (Å²) in [5.41, 5.74) is 1.80. The van der Waals surface area contributed by atoms with Crippen LogP contribution in [0.5, 0.6) is 0 Å². The fourth-order valence-corrected chi connectivity index (χ4v) is 2.49. The minimum absolute atomic E-state index is 0.0936. The molecule has 0 amide bonds. The zero-order valence-electron chi connectivity index (χ0n) is 12.8. The van der Waals surface area contributed by atoms with Gasteiger partial charge in [-0.15, -0.1) is 0 Å². The van der Waals surface area contributed by atoms with Crippen LogP contribution in [0.3, 0.4) is 0 Å². The zero-order chi connectivity index (χ0) is 14.3. The van der Waals surface area contributed by atoms with Gasteiger partial charge in [0, 0.05) is 6.04 Å². The Labute approximate surface area is 117 Å². The number of rotatable bonds is 8. The summed E-state index contributed by atoms with van der Waals surface area (Å²) in [5.74, 6) is 0.577.